The number of hydrogen-bond acceptors (Lipinski definition) is 2. The van der Waals surface area contributed by atoms with E-state index in [0.29, 0.717) is 6.04 Å². The first-order valence-electron chi connectivity index (χ1n) is 7.17. The summed E-state index contributed by atoms with van der Waals surface area (Å²) in [5, 5.41) is 0. The van der Waals surface area contributed by atoms with Gasteiger partial charge in [0.1, 0.15) is 0 Å². The minimum atomic E-state index is 0.546. The van der Waals surface area contributed by atoms with Crippen molar-refractivity contribution in [2.75, 3.05) is 0 Å². The minimum Gasteiger partial charge on any atom is -0.271 e. The van der Waals surface area contributed by atoms with Crippen molar-refractivity contribution < 1.29 is 0 Å². The van der Waals surface area contributed by atoms with Crippen LogP contribution in [0.25, 0.3) is 0 Å². The normalized spacial score (nSPS) is 30.0. The summed E-state index contributed by atoms with van der Waals surface area (Å²) in [6.45, 7) is 6.94. The lowest BCUT2D eigenvalue weighted by atomic mass is 9.75. The maximum atomic E-state index is 5.74. The molecule has 96 valence electrons. The van der Waals surface area contributed by atoms with Crippen molar-refractivity contribution in [1.29, 1.82) is 0 Å². The second-order valence-corrected chi connectivity index (χ2v) is 5.72. The molecule has 0 aromatic heterocycles. The summed E-state index contributed by atoms with van der Waals surface area (Å²) in [6, 6.07) is 0.546. The molecule has 2 heteroatoms. The van der Waals surface area contributed by atoms with Crippen LogP contribution >= 0.6 is 0 Å². The first kappa shape index (κ1) is 14.0. The Bertz CT molecular complexity index is 180. The van der Waals surface area contributed by atoms with Crippen molar-refractivity contribution >= 4 is 0 Å². The van der Waals surface area contributed by atoms with Crippen LogP contribution < -0.4 is 11.3 Å². The van der Waals surface area contributed by atoms with Gasteiger partial charge in [-0.15, -0.1) is 0 Å². The van der Waals surface area contributed by atoms with E-state index in [4.69, 9.17) is 5.84 Å². The Kier molecular flexibility index (Phi) is 6.37. The largest absolute Gasteiger partial charge is 0.271 e. The molecule has 4 atom stereocenters. The van der Waals surface area contributed by atoms with E-state index in [9.17, 15) is 0 Å². The molecular weight excluding hydrogens is 196 g/mol. The Labute approximate surface area is 101 Å². The van der Waals surface area contributed by atoms with Crippen LogP contribution in [0.1, 0.15) is 65.7 Å². The molecule has 0 aliphatic heterocycles. The highest BCUT2D eigenvalue weighted by Crippen LogP contribution is 2.34. The molecule has 1 saturated carbocycles. The first-order valence-corrected chi connectivity index (χ1v) is 7.17. The molecule has 0 heterocycles. The molecule has 1 aliphatic rings. The fourth-order valence-electron chi connectivity index (χ4n) is 3.07. The molecule has 1 rings (SSSR count). The maximum absolute atomic E-state index is 5.74. The monoisotopic (exact) mass is 226 g/mol. The van der Waals surface area contributed by atoms with Crippen molar-refractivity contribution in [1.82, 2.24) is 5.43 Å². The number of nitrogens with two attached hydrogens (primary N) is 1. The van der Waals surface area contributed by atoms with E-state index in [-0.39, 0.29) is 0 Å². The van der Waals surface area contributed by atoms with Crippen LogP contribution in [-0.2, 0) is 0 Å². The van der Waals surface area contributed by atoms with Gasteiger partial charge in [-0.1, -0.05) is 46.5 Å². The van der Waals surface area contributed by atoms with Gasteiger partial charge >= 0.3 is 0 Å². The summed E-state index contributed by atoms with van der Waals surface area (Å²) >= 11 is 0. The van der Waals surface area contributed by atoms with Crippen LogP contribution in [-0.4, -0.2) is 6.04 Å². The van der Waals surface area contributed by atoms with Gasteiger partial charge in [0.2, 0.25) is 0 Å². The van der Waals surface area contributed by atoms with Gasteiger partial charge in [0.25, 0.3) is 0 Å². The Morgan fingerprint density at radius 2 is 2.06 bits per heavy atom. The zero-order chi connectivity index (χ0) is 12.0. The summed E-state index contributed by atoms with van der Waals surface area (Å²) in [4.78, 5) is 0. The molecular formula is C14H30N2. The van der Waals surface area contributed by atoms with Crippen LogP contribution in [0.5, 0.6) is 0 Å². The van der Waals surface area contributed by atoms with Crippen molar-refractivity contribution in [2.24, 2.45) is 23.6 Å². The number of rotatable bonds is 6. The van der Waals surface area contributed by atoms with E-state index in [1.807, 2.05) is 0 Å². The Hall–Kier alpha value is -0.0800. The van der Waals surface area contributed by atoms with Crippen LogP contribution in [0.15, 0.2) is 0 Å². The predicted molar refractivity (Wildman–Crippen MR) is 70.9 cm³/mol. The van der Waals surface area contributed by atoms with Gasteiger partial charge in [-0.2, -0.15) is 0 Å². The highest BCUT2D eigenvalue weighted by atomic mass is 15.2. The van der Waals surface area contributed by atoms with Crippen molar-refractivity contribution in [3.8, 4) is 0 Å². The van der Waals surface area contributed by atoms with Crippen molar-refractivity contribution in [3.05, 3.63) is 0 Å². The molecule has 1 fully saturated rings. The topological polar surface area (TPSA) is 38.0 Å². The number of hydrogen-bond donors (Lipinski definition) is 2. The molecule has 0 aromatic rings. The van der Waals surface area contributed by atoms with Gasteiger partial charge in [0, 0.05) is 6.04 Å². The molecule has 0 amide bonds. The number of hydrazine groups is 1. The summed E-state index contributed by atoms with van der Waals surface area (Å²) < 4.78 is 0. The third-order valence-electron chi connectivity index (χ3n) is 4.54. The number of nitrogens with one attached hydrogen (secondary N) is 1. The van der Waals surface area contributed by atoms with Crippen LogP contribution in [0.4, 0.5) is 0 Å². The first-order chi connectivity index (χ1) is 7.71. The van der Waals surface area contributed by atoms with Crippen LogP contribution in [0, 0.1) is 17.8 Å². The lowest BCUT2D eigenvalue weighted by Crippen LogP contribution is -2.43. The molecule has 0 bridgehead atoms. The van der Waals surface area contributed by atoms with E-state index < -0.39 is 0 Å². The molecule has 16 heavy (non-hydrogen) atoms. The SMILES string of the molecule is CCC(C)CC(NN)C1CCCC(CC)C1. The van der Waals surface area contributed by atoms with Gasteiger partial charge < -0.3 is 0 Å². The smallest absolute Gasteiger partial charge is 0.0241 e. The Morgan fingerprint density at radius 1 is 1.31 bits per heavy atom. The summed E-state index contributed by atoms with van der Waals surface area (Å²) in [7, 11) is 0. The average Bonchev–Trinajstić information content (AvgIpc) is 2.35. The van der Waals surface area contributed by atoms with E-state index in [1.165, 1.54) is 44.9 Å². The molecule has 4 unspecified atom stereocenters. The molecule has 0 aromatic carbocycles. The lowest BCUT2D eigenvalue weighted by Gasteiger charge is -2.35. The third-order valence-corrected chi connectivity index (χ3v) is 4.54. The molecule has 1 aliphatic carbocycles. The van der Waals surface area contributed by atoms with Crippen molar-refractivity contribution in [3.63, 3.8) is 0 Å². The minimum absolute atomic E-state index is 0.546. The van der Waals surface area contributed by atoms with Crippen LogP contribution in [0.2, 0.25) is 0 Å². The Balaban J connectivity index is 2.44. The van der Waals surface area contributed by atoms with Gasteiger partial charge in [0.15, 0.2) is 0 Å². The van der Waals surface area contributed by atoms with E-state index in [2.05, 4.69) is 26.2 Å². The zero-order valence-corrected chi connectivity index (χ0v) is 11.3. The molecule has 0 radical (unpaired) electrons. The Morgan fingerprint density at radius 3 is 2.62 bits per heavy atom. The van der Waals surface area contributed by atoms with E-state index >= 15 is 0 Å². The highest BCUT2D eigenvalue weighted by molar-refractivity contribution is 4.82. The van der Waals surface area contributed by atoms with Crippen molar-refractivity contribution in [2.45, 2.75) is 71.8 Å². The molecule has 0 spiro atoms. The van der Waals surface area contributed by atoms with Gasteiger partial charge in [0.05, 0.1) is 0 Å². The summed E-state index contributed by atoms with van der Waals surface area (Å²) in [5.74, 6) is 8.31. The molecule has 2 nitrogen and oxygen atoms in total. The third kappa shape index (κ3) is 4.06. The fourth-order valence-corrected chi connectivity index (χ4v) is 3.07. The summed E-state index contributed by atoms with van der Waals surface area (Å²) in [5.41, 5.74) is 3.08. The van der Waals surface area contributed by atoms with Gasteiger partial charge in [-0.3, -0.25) is 11.3 Å². The molecule has 0 saturated heterocycles. The van der Waals surface area contributed by atoms with Gasteiger partial charge in [-0.05, 0) is 37.0 Å². The average molecular weight is 226 g/mol. The van der Waals surface area contributed by atoms with E-state index in [1.54, 1.807) is 0 Å². The quantitative estimate of drug-likeness (QED) is 0.537. The second-order valence-electron chi connectivity index (χ2n) is 5.72. The maximum Gasteiger partial charge on any atom is 0.0241 e. The van der Waals surface area contributed by atoms with Crippen LogP contribution in [0.3, 0.4) is 0 Å². The second kappa shape index (κ2) is 7.29. The molecule has 3 N–H and O–H groups in total. The van der Waals surface area contributed by atoms with Gasteiger partial charge in [-0.25, -0.2) is 0 Å². The summed E-state index contributed by atoms with van der Waals surface area (Å²) in [6.07, 6.45) is 9.46. The standard InChI is InChI=1S/C14H30N2/c1-4-11(3)9-14(16-15)13-8-6-7-12(5-2)10-13/h11-14,16H,4-10,15H2,1-3H3. The highest BCUT2D eigenvalue weighted by Gasteiger charge is 2.27. The lowest BCUT2D eigenvalue weighted by molar-refractivity contribution is 0.190. The zero-order valence-electron chi connectivity index (χ0n) is 11.3. The predicted octanol–water partition coefficient (Wildman–Crippen LogP) is 3.47. The fraction of sp³-hybridized carbons (Fsp3) is 1.00. The van der Waals surface area contributed by atoms with E-state index in [0.717, 1.165) is 17.8 Å².